The molecule has 0 aliphatic carbocycles. The lowest BCUT2D eigenvalue weighted by molar-refractivity contribution is -0.204. The van der Waals surface area contributed by atoms with E-state index >= 15 is 0 Å². The molecule has 3 heterocycles. The summed E-state index contributed by atoms with van der Waals surface area (Å²) in [7, 11) is 3.22. The van der Waals surface area contributed by atoms with Crippen molar-refractivity contribution in [2.45, 2.75) is 36.6 Å². The Morgan fingerprint density at radius 3 is 2.04 bits per heavy atom. The van der Waals surface area contributed by atoms with Crippen LogP contribution in [0.2, 0.25) is 0 Å². The Morgan fingerprint density at radius 2 is 1.46 bits per heavy atom. The second-order valence-electron chi connectivity index (χ2n) is 12.4. The molecule has 50 heavy (non-hydrogen) atoms. The summed E-state index contributed by atoms with van der Waals surface area (Å²) < 4.78 is 31.9. The highest BCUT2D eigenvalue weighted by atomic mass is 16.7. The fraction of sp³-hybridized carbons (Fsp3) is 0.256. The van der Waals surface area contributed by atoms with Gasteiger partial charge in [0.25, 0.3) is 5.91 Å². The number of amides is 1. The lowest BCUT2D eigenvalue weighted by Gasteiger charge is -2.39. The quantitative estimate of drug-likeness (QED) is 0.189. The molecule has 11 heteroatoms. The minimum Gasteiger partial charge on any atom is -0.497 e. The number of hydrogen-bond donors (Lipinski definition) is 2. The molecular weight excluding hydrogens is 638 g/mol. The van der Waals surface area contributed by atoms with Gasteiger partial charge in [0, 0.05) is 17.3 Å². The Morgan fingerprint density at radius 1 is 0.900 bits per heavy atom. The first-order valence-electron chi connectivity index (χ1n) is 16.2. The highest BCUT2D eigenvalue weighted by Gasteiger charge is 2.63. The van der Waals surface area contributed by atoms with Gasteiger partial charge in [0.15, 0.2) is 6.23 Å². The van der Waals surface area contributed by atoms with Crippen molar-refractivity contribution in [2.75, 3.05) is 32.8 Å². The molecule has 0 radical (unpaired) electrons. The average molecular weight is 676 g/mol. The monoisotopic (exact) mass is 675 g/mol. The van der Waals surface area contributed by atoms with Crippen LogP contribution in [0.1, 0.15) is 38.8 Å². The van der Waals surface area contributed by atoms with E-state index in [2.05, 4.69) is 10.3 Å². The molecule has 11 nitrogen and oxygen atoms in total. The number of methoxy groups -OCH3 is 2. The maximum Gasteiger partial charge on any atom is 0.351 e. The molecule has 4 atom stereocenters. The van der Waals surface area contributed by atoms with Crippen molar-refractivity contribution in [1.82, 2.24) is 9.55 Å². The first kappa shape index (κ1) is 33.2. The molecule has 2 fully saturated rings. The maximum absolute atomic E-state index is 13.4. The number of ether oxygens (including phenoxy) is 5. The van der Waals surface area contributed by atoms with Gasteiger partial charge in [-0.05, 0) is 60.0 Å². The van der Waals surface area contributed by atoms with E-state index in [0.717, 1.165) is 16.7 Å². The standard InChI is InChI=1S/C39H37N3O8/c1-25-22-42(37(45)41-34(25)40-35(44)26-10-6-4-7-11-26)36-32-33(43)38(50-36,23-48-32)24-49-39(27-12-8-5-9-13-27,28-14-18-30(46-2)19-15-28)29-16-20-31(47-3)21-17-29/h4-22,32-33,36,43H,23-24H2,1-3H3,(H,40,41,44,45)/t32?,33?,36-,38-/m1/s1. The van der Waals surface area contributed by atoms with Gasteiger partial charge in [0.1, 0.15) is 40.7 Å². The van der Waals surface area contributed by atoms with Crippen LogP contribution < -0.4 is 20.5 Å². The third-order valence-corrected chi connectivity index (χ3v) is 9.39. The van der Waals surface area contributed by atoms with Gasteiger partial charge in [-0.2, -0.15) is 4.98 Å². The molecular formula is C39H37N3O8. The molecule has 256 valence electrons. The Hall–Kier alpha value is -5.33. The fourth-order valence-corrected chi connectivity index (χ4v) is 6.69. The van der Waals surface area contributed by atoms with Crippen LogP contribution in [-0.2, 0) is 19.8 Å². The van der Waals surface area contributed by atoms with E-state index < -0.39 is 35.3 Å². The molecule has 7 rings (SSSR count). The first-order chi connectivity index (χ1) is 24.3. The van der Waals surface area contributed by atoms with Crippen LogP contribution in [0.5, 0.6) is 11.5 Å². The van der Waals surface area contributed by atoms with E-state index in [1.165, 1.54) is 4.57 Å². The van der Waals surface area contributed by atoms with Gasteiger partial charge in [-0.1, -0.05) is 72.8 Å². The molecule has 5 aromatic rings. The SMILES string of the molecule is COc1ccc(C(OC[C@]23COC(C2O)[C@H](n2cc(C)c(NC(=O)c4ccccc4)nc2=O)O3)(c2ccccc2)c2ccc(OC)cc2)cc1. The number of aliphatic hydroxyl groups excluding tert-OH is 1. The summed E-state index contributed by atoms with van der Waals surface area (Å²) in [4.78, 5) is 30.3. The van der Waals surface area contributed by atoms with Gasteiger partial charge in [-0.15, -0.1) is 0 Å². The summed E-state index contributed by atoms with van der Waals surface area (Å²) in [5, 5.41) is 14.4. The van der Waals surface area contributed by atoms with E-state index in [1.54, 1.807) is 51.6 Å². The van der Waals surface area contributed by atoms with Gasteiger partial charge < -0.3 is 34.1 Å². The molecule has 2 N–H and O–H groups in total. The molecule has 4 aromatic carbocycles. The number of aryl methyl sites for hydroxylation is 1. The van der Waals surface area contributed by atoms with Crippen molar-refractivity contribution >= 4 is 11.7 Å². The van der Waals surface area contributed by atoms with Crippen LogP contribution in [0.3, 0.4) is 0 Å². The number of benzene rings is 4. The van der Waals surface area contributed by atoms with Crippen molar-refractivity contribution in [3.05, 3.63) is 154 Å². The smallest absolute Gasteiger partial charge is 0.351 e. The summed E-state index contributed by atoms with van der Waals surface area (Å²) in [6, 6.07) is 33.7. The molecule has 0 spiro atoms. The second kappa shape index (κ2) is 13.5. The van der Waals surface area contributed by atoms with E-state index in [-0.39, 0.29) is 24.9 Å². The van der Waals surface area contributed by atoms with Gasteiger partial charge in [-0.25, -0.2) is 4.79 Å². The number of anilines is 1. The lowest BCUT2D eigenvalue weighted by Crippen LogP contribution is -2.48. The van der Waals surface area contributed by atoms with Crippen molar-refractivity contribution < 1.29 is 33.6 Å². The predicted octanol–water partition coefficient (Wildman–Crippen LogP) is 4.86. The highest BCUT2D eigenvalue weighted by Crippen LogP contribution is 2.48. The van der Waals surface area contributed by atoms with E-state index in [1.807, 2.05) is 84.9 Å². The Bertz CT molecular complexity index is 1970. The fourth-order valence-electron chi connectivity index (χ4n) is 6.69. The van der Waals surface area contributed by atoms with E-state index in [4.69, 9.17) is 23.7 Å². The zero-order chi connectivity index (χ0) is 34.9. The van der Waals surface area contributed by atoms with E-state index in [0.29, 0.717) is 22.6 Å². The van der Waals surface area contributed by atoms with Gasteiger partial charge >= 0.3 is 5.69 Å². The van der Waals surface area contributed by atoms with Crippen molar-refractivity contribution in [1.29, 1.82) is 0 Å². The number of aromatic nitrogens is 2. The van der Waals surface area contributed by atoms with Gasteiger partial charge in [0.2, 0.25) is 0 Å². The van der Waals surface area contributed by atoms with Crippen LogP contribution in [0.25, 0.3) is 0 Å². The minimum absolute atomic E-state index is 0.0395. The molecule has 2 bridgehead atoms. The van der Waals surface area contributed by atoms with Crippen molar-refractivity contribution in [2.24, 2.45) is 0 Å². The number of rotatable bonds is 11. The van der Waals surface area contributed by atoms with Gasteiger partial charge in [-0.3, -0.25) is 9.36 Å². The van der Waals surface area contributed by atoms with Crippen LogP contribution in [0.15, 0.2) is 120 Å². The lowest BCUT2D eigenvalue weighted by atomic mass is 9.79. The topological polar surface area (TPSA) is 130 Å². The summed E-state index contributed by atoms with van der Waals surface area (Å²) >= 11 is 0. The van der Waals surface area contributed by atoms with Crippen LogP contribution in [0, 0.1) is 6.92 Å². The number of aliphatic hydroxyl groups is 1. The predicted molar refractivity (Wildman–Crippen MR) is 184 cm³/mol. The Balaban J connectivity index is 1.22. The van der Waals surface area contributed by atoms with Crippen molar-refractivity contribution in [3.63, 3.8) is 0 Å². The van der Waals surface area contributed by atoms with Crippen LogP contribution in [0.4, 0.5) is 5.82 Å². The van der Waals surface area contributed by atoms with E-state index in [9.17, 15) is 14.7 Å². The Kier molecular flexibility index (Phi) is 8.98. The summed E-state index contributed by atoms with van der Waals surface area (Å²) in [5.74, 6) is 1.12. The number of carbonyl (C=O) groups excluding carboxylic acids is 1. The Labute approximate surface area is 289 Å². The zero-order valence-electron chi connectivity index (χ0n) is 27.8. The second-order valence-corrected chi connectivity index (χ2v) is 12.4. The first-order valence-corrected chi connectivity index (χ1v) is 16.2. The zero-order valence-corrected chi connectivity index (χ0v) is 27.8. The molecule has 2 aliphatic heterocycles. The van der Waals surface area contributed by atoms with Crippen LogP contribution in [-0.4, -0.2) is 65.8 Å². The molecule has 0 saturated carbocycles. The molecule has 2 aliphatic rings. The molecule has 1 amide bonds. The number of carbonyl (C=O) groups is 1. The third kappa shape index (κ3) is 5.84. The summed E-state index contributed by atoms with van der Waals surface area (Å²) in [5.41, 5.74) is 0.285. The number of nitrogens with one attached hydrogen (secondary N) is 1. The summed E-state index contributed by atoms with van der Waals surface area (Å²) in [6.07, 6.45) is -1.43. The number of nitrogens with zero attached hydrogens (tertiary/aromatic N) is 2. The average Bonchev–Trinajstić information content (AvgIpc) is 3.62. The maximum atomic E-state index is 13.4. The van der Waals surface area contributed by atoms with Gasteiger partial charge in [0.05, 0.1) is 27.4 Å². The van der Waals surface area contributed by atoms with Crippen molar-refractivity contribution in [3.8, 4) is 11.5 Å². The number of fused-ring (bicyclic) bond motifs is 2. The highest BCUT2D eigenvalue weighted by molar-refractivity contribution is 6.04. The third-order valence-electron chi connectivity index (χ3n) is 9.39. The summed E-state index contributed by atoms with van der Waals surface area (Å²) in [6.45, 7) is 1.67. The van der Waals surface area contributed by atoms with Crippen LogP contribution >= 0.6 is 0 Å². The normalized spacial score (nSPS) is 21.2. The largest absolute Gasteiger partial charge is 0.497 e. The number of hydrogen-bond acceptors (Lipinski definition) is 9. The minimum atomic E-state index is -1.32. The molecule has 2 unspecified atom stereocenters. The molecule has 1 aromatic heterocycles. The molecule has 2 saturated heterocycles.